The summed E-state index contributed by atoms with van der Waals surface area (Å²) in [6.07, 6.45) is 3.31. The van der Waals surface area contributed by atoms with Crippen molar-refractivity contribution >= 4 is 23.4 Å². The molecular weight excluding hydrogens is 435 g/mol. The number of halogens is 1. The summed E-state index contributed by atoms with van der Waals surface area (Å²) < 4.78 is 13.7. The predicted octanol–water partition coefficient (Wildman–Crippen LogP) is 2.99. The lowest BCUT2D eigenvalue weighted by Gasteiger charge is -2.30. The Morgan fingerprint density at radius 3 is 2.47 bits per heavy atom. The van der Waals surface area contributed by atoms with E-state index in [0.717, 1.165) is 18.4 Å². The number of para-hydroxylation sites is 1. The van der Waals surface area contributed by atoms with Gasteiger partial charge in [-0.3, -0.25) is 19.3 Å². The van der Waals surface area contributed by atoms with Crippen molar-refractivity contribution in [2.75, 3.05) is 25.0 Å². The maximum atomic E-state index is 13.7. The van der Waals surface area contributed by atoms with Gasteiger partial charge in [0.1, 0.15) is 5.82 Å². The Balaban J connectivity index is 1.22. The highest BCUT2D eigenvalue weighted by atomic mass is 19.1. The van der Waals surface area contributed by atoms with Crippen LogP contribution in [-0.4, -0.2) is 48.3 Å². The van der Waals surface area contributed by atoms with E-state index in [1.807, 2.05) is 11.0 Å². The van der Waals surface area contributed by atoms with Gasteiger partial charge in [-0.25, -0.2) is 4.39 Å². The monoisotopic (exact) mass is 466 g/mol. The number of benzene rings is 2. The molecule has 180 valence electrons. The summed E-state index contributed by atoms with van der Waals surface area (Å²) in [4.78, 5) is 39.6. The molecule has 0 radical (unpaired) electrons. The molecule has 7 nitrogen and oxygen atoms in total. The van der Waals surface area contributed by atoms with Gasteiger partial charge in [-0.15, -0.1) is 0 Å². The van der Waals surface area contributed by atoms with Gasteiger partial charge in [0.2, 0.25) is 11.8 Å². The molecular formula is C26H31FN4O3. The van der Waals surface area contributed by atoms with Crippen molar-refractivity contribution in [2.24, 2.45) is 5.92 Å². The molecule has 4 rings (SSSR count). The predicted molar refractivity (Wildman–Crippen MR) is 128 cm³/mol. The molecule has 1 aliphatic carbocycles. The molecule has 3 amide bonds. The highest BCUT2D eigenvalue weighted by Crippen LogP contribution is 2.22. The highest BCUT2D eigenvalue weighted by Gasteiger charge is 2.27. The maximum Gasteiger partial charge on any atom is 0.253 e. The topological polar surface area (TPSA) is 90.5 Å². The van der Waals surface area contributed by atoms with Crippen LogP contribution < -0.4 is 16.0 Å². The van der Waals surface area contributed by atoms with Crippen LogP contribution in [0.15, 0.2) is 42.5 Å². The third-order valence-corrected chi connectivity index (χ3v) is 6.39. The maximum absolute atomic E-state index is 13.7. The summed E-state index contributed by atoms with van der Waals surface area (Å²) in [5.74, 6) is -0.791. The van der Waals surface area contributed by atoms with Crippen molar-refractivity contribution in [1.82, 2.24) is 15.5 Å². The standard InChI is InChI=1S/C26H31FN4O3/c1-17-6-7-18(14-22(17)27)15-28-25(33)19-10-12-31(13-11-19)16-24(32)30-23-5-3-2-4-21(23)26(34)29-20-8-9-20/h2-7,14,19-20H,8-13,15-16H2,1H3,(H,28,33)(H,29,34)(H,30,32). The van der Waals surface area contributed by atoms with Crippen LogP contribution in [0, 0.1) is 18.7 Å². The number of nitrogens with zero attached hydrogens (tertiary/aromatic N) is 1. The molecule has 0 aromatic heterocycles. The number of carbonyl (C=O) groups is 3. The van der Waals surface area contributed by atoms with Gasteiger partial charge in [-0.2, -0.15) is 0 Å². The minimum absolute atomic E-state index is 0.0410. The molecule has 2 aliphatic rings. The number of amides is 3. The number of piperidine rings is 1. The van der Waals surface area contributed by atoms with Crippen LogP contribution in [0.4, 0.5) is 10.1 Å². The summed E-state index contributed by atoms with van der Waals surface area (Å²) in [5.41, 5.74) is 2.28. The van der Waals surface area contributed by atoms with Crippen molar-refractivity contribution in [1.29, 1.82) is 0 Å². The summed E-state index contributed by atoms with van der Waals surface area (Å²) >= 11 is 0. The van der Waals surface area contributed by atoms with Crippen LogP contribution >= 0.6 is 0 Å². The van der Waals surface area contributed by atoms with E-state index in [0.29, 0.717) is 49.3 Å². The molecule has 8 heteroatoms. The van der Waals surface area contributed by atoms with Gasteiger partial charge < -0.3 is 16.0 Å². The zero-order valence-corrected chi connectivity index (χ0v) is 19.4. The second-order valence-electron chi connectivity index (χ2n) is 9.19. The van der Waals surface area contributed by atoms with E-state index in [-0.39, 0.29) is 42.0 Å². The van der Waals surface area contributed by atoms with Crippen molar-refractivity contribution < 1.29 is 18.8 Å². The van der Waals surface area contributed by atoms with Crippen LogP contribution in [0.5, 0.6) is 0 Å². The van der Waals surface area contributed by atoms with E-state index < -0.39 is 0 Å². The number of aryl methyl sites for hydroxylation is 1. The first kappa shape index (κ1) is 23.9. The average Bonchev–Trinajstić information content (AvgIpc) is 3.64. The number of rotatable bonds is 8. The summed E-state index contributed by atoms with van der Waals surface area (Å²) in [6.45, 7) is 3.47. The fourth-order valence-corrected chi connectivity index (χ4v) is 4.11. The molecule has 0 atom stereocenters. The second-order valence-corrected chi connectivity index (χ2v) is 9.19. The number of nitrogens with one attached hydrogen (secondary N) is 3. The van der Waals surface area contributed by atoms with Crippen LogP contribution in [0.1, 0.15) is 47.2 Å². The molecule has 1 saturated heterocycles. The third kappa shape index (κ3) is 6.41. The number of likely N-dealkylation sites (tertiary alicyclic amines) is 1. The van der Waals surface area contributed by atoms with E-state index in [1.54, 1.807) is 37.3 Å². The summed E-state index contributed by atoms with van der Waals surface area (Å²) in [7, 11) is 0. The Morgan fingerprint density at radius 2 is 1.76 bits per heavy atom. The Hall–Kier alpha value is -3.26. The lowest BCUT2D eigenvalue weighted by molar-refractivity contribution is -0.126. The minimum Gasteiger partial charge on any atom is -0.352 e. The van der Waals surface area contributed by atoms with E-state index in [9.17, 15) is 18.8 Å². The Bertz CT molecular complexity index is 1060. The van der Waals surface area contributed by atoms with Crippen LogP contribution in [0.2, 0.25) is 0 Å². The smallest absolute Gasteiger partial charge is 0.253 e. The van der Waals surface area contributed by atoms with Crippen molar-refractivity contribution in [3.63, 3.8) is 0 Å². The average molecular weight is 467 g/mol. The van der Waals surface area contributed by atoms with Gasteiger partial charge in [0.05, 0.1) is 17.8 Å². The molecule has 2 fully saturated rings. The van der Waals surface area contributed by atoms with Gasteiger partial charge in [-0.1, -0.05) is 24.3 Å². The molecule has 3 N–H and O–H groups in total. The Morgan fingerprint density at radius 1 is 1.03 bits per heavy atom. The molecule has 0 bridgehead atoms. The van der Waals surface area contributed by atoms with Crippen molar-refractivity contribution in [3.8, 4) is 0 Å². The molecule has 0 spiro atoms. The summed E-state index contributed by atoms with van der Waals surface area (Å²) in [5, 5.41) is 8.71. The largest absolute Gasteiger partial charge is 0.352 e. The molecule has 1 saturated carbocycles. The van der Waals surface area contributed by atoms with Crippen molar-refractivity contribution in [3.05, 3.63) is 65.0 Å². The van der Waals surface area contributed by atoms with Gasteiger partial charge in [0.25, 0.3) is 5.91 Å². The van der Waals surface area contributed by atoms with E-state index in [1.165, 1.54) is 6.07 Å². The lowest BCUT2D eigenvalue weighted by atomic mass is 9.95. The highest BCUT2D eigenvalue weighted by molar-refractivity contribution is 6.04. The lowest BCUT2D eigenvalue weighted by Crippen LogP contribution is -2.43. The van der Waals surface area contributed by atoms with Gasteiger partial charge in [-0.05, 0) is 75.0 Å². The van der Waals surface area contributed by atoms with Gasteiger partial charge >= 0.3 is 0 Å². The normalized spacial score (nSPS) is 16.6. The number of carbonyl (C=O) groups excluding carboxylic acids is 3. The fourth-order valence-electron chi connectivity index (χ4n) is 4.11. The van der Waals surface area contributed by atoms with E-state index >= 15 is 0 Å². The molecule has 1 heterocycles. The zero-order valence-electron chi connectivity index (χ0n) is 19.4. The zero-order chi connectivity index (χ0) is 24.1. The quantitative estimate of drug-likeness (QED) is 0.558. The number of hydrogen-bond acceptors (Lipinski definition) is 4. The minimum atomic E-state index is -0.274. The first-order valence-electron chi connectivity index (χ1n) is 11.8. The van der Waals surface area contributed by atoms with Crippen molar-refractivity contribution in [2.45, 2.75) is 45.2 Å². The van der Waals surface area contributed by atoms with E-state index in [2.05, 4.69) is 16.0 Å². The molecule has 34 heavy (non-hydrogen) atoms. The first-order valence-corrected chi connectivity index (χ1v) is 11.8. The van der Waals surface area contributed by atoms with Gasteiger partial charge in [0.15, 0.2) is 0 Å². The summed E-state index contributed by atoms with van der Waals surface area (Å²) in [6, 6.07) is 12.2. The Labute approximate surface area is 199 Å². The van der Waals surface area contributed by atoms with Crippen LogP contribution in [0.3, 0.4) is 0 Å². The second kappa shape index (κ2) is 10.8. The van der Waals surface area contributed by atoms with Crippen LogP contribution in [0.25, 0.3) is 0 Å². The molecule has 1 aliphatic heterocycles. The van der Waals surface area contributed by atoms with Crippen LogP contribution in [-0.2, 0) is 16.1 Å². The number of hydrogen-bond donors (Lipinski definition) is 3. The number of anilines is 1. The third-order valence-electron chi connectivity index (χ3n) is 6.39. The first-order chi connectivity index (χ1) is 16.4. The van der Waals surface area contributed by atoms with E-state index in [4.69, 9.17) is 0 Å². The SMILES string of the molecule is Cc1ccc(CNC(=O)C2CCN(CC(=O)Nc3ccccc3C(=O)NC3CC3)CC2)cc1F. The Kier molecular flexibility index (Phi) is 7.57. The molecule has 2 aromatic carbocycles. The van der Waals surface area contributed by atoms with Gasteiger partial charge in [0, 0.05) is 18.5 Å². The molecule has 2 aromatic rings. The fraction of sp³-hybridized carbons (Fsp3) is 0.423. The molecule has 0 unspecified atom stereocenters.